The van der Waals surface area contributed by atoms with E-state index in [4.69, 9.17) is 0 Å². The van der Waals surface area contributed by atoms with Crippen molar-refractivity contribution in [3.63, 3.8) is 0 Å². The molecular formula is C9H19N3O2S. The van der Waals surface area contributed by atoms with Crippen LogP contribution in [0.4, 0.5) is 0 Å². The third kappa shape index (κ3) is 8.11. The summed E-state index contributed by atoms with van der Waals surface area (Å²) in [6.45, 7) is 1.39. The van der Waals surface area contributed by atoms with Gasteiger partial charge in [-0.15, -0.1) is 0 Å². The lowest BCUT2D eigenvalue weighted by molar-refractivity contribution is -0.140. The molecule has 0 bridgehead atoms. The molecule has 0 aliphatic rings. The molecule has 0 heterocycles. The van der Waals surface area contributed by atoms with Gasteiger partial charge < -0.3 is 15.4 Å². The molecule has 0 amide bonds. The normalized spacial score (nSPS) is 11.0. The molecule has 0 atom stereocenters. The molecule has 0 aromatic carbocycles. The number of carbonyl (C=O) groups is 1. The first-order chi connectivity index (χ1) is 7.24. The van der Waals surface area contributed by atoms with E-state index in [0.717, 1.165) is 12.3 Å². The van der Waals surface area contributed by atoms with Crippen molar-refractivity contribution < 1.29 is 9.53 Å². The lowest BCUT2D eigenvalue weighted by atomic mass is 10.4. The first-order valence-electron chi connectivity index (χ1n) is 4.74. The van der Waals surface area contributed by atoms with Gasteiger partial charge in [-0.2, -0.15) is 11.8 Å². The van der Waals surface area contributed by atoms with E-state index in [1.807, 2.05) is 0 Å². The highest BCUT2D eigenvalue weighted by molar-refractivity contribution is 7.98. The van der Waals surface area contributed by atoms with E-state index in [0.29, 0.717) is 18.9 Å². The third-order valence-electron chi connectivity index (χ3n) is 1.67. The number of guanidine groups is 1. The number of rotatable bonds is 6. The number of aliphatic imine (C=N–C) groups is 1. The Kier molecular flexibility index (Phi) is 9.05. The van der Waals surface area contributed by atoms with Gasteiger partial charge in [0.05, 0.1) is 13.5 Å². The van der Waals surface area contributed by atoms with Crippen LogP contribution in [0.1, 0.15) is 6.42 Å². The maximum atomic E-state index is 10.8. The highest BCUT2D eigenvalue weighted by Gasteiger charge is 2.00. The Morgan fingerprint density at radius 1 is 1.40 bits per heavy atom. The summed E-state index contributed by atoms with van der Waals surface area (Å²) in [5.41, 5.74) is 0. The zero-order valence-corrected chi connectivity index (χ0v) is 10.3. The molecule has 2 N–H and O–H groups in total. The number of methoxy groups -OCH3 is 1. The second kappa shape index (κ2) is 9.64. The van der Waals surface area contributed by atoms with Crippen LogP contribution in [0, 0.1) is 0 Å². The van der Waals surface area contributed by atoms with Crippen molar-refractivity contribution in [1.82, 2.24) is 10.6 Å². The molecule has 0 aliphatic heterocycles. The Morgan fingerprint density at radius 3 is 2.60 bits per heavy atom. The number of hydrogen-bond donors (Lipinski definition) is 2. The molecule has 88 valence electrons. The van der Waals surface area contributed by atoms with Crippen molar-refractivity contribution in [1.29, 1.82) is 0 Å². The molecule has 0 fully saturated rings. The number of nitrogens with one attached hydrogen (secondary N) is 2. The highest BCUT2D eigenvalue weighted by Crippen LogP contribution is 1.87. The summed E-state index contributed by atoms with van der Waals surface area (Å²) < 4.78 is 4.52. The minimum atomic E-state index is -0.220. The zero-order chi connectivity index (χ0) is 11.5. The first-order valence-corrected chi connectivity index (χ1v) is 6.14. The van der Waals surface area contributed by atoms with Gasteiger partial charge in [-0.1, -0.05) is 0 Å². The van der Waals surface area contributed by atoms with Gasteiger partial charge in [-0.05, 0) is 6.26 Å². The van der Waals surface area contributed by atoms with Crippen molar-refractivity contribution in [2.75, 3.05) is 39.3 Å². The van der Waals surface area contributed by atoms with Crippen LogP contribution in [0.3, 0.4) is 0 Å². The van der Waals surface area contributed by atoms with Crippen LogP contribution < -0.4 is 10.6 Å². The summed E-state index contributed by atoms with van der Waals surface area (Å²) >= 11 is 1.77. The maximum absolute atomic E-state index is 10.8. The fraction of sp³-hybridized carbons (Fsp3) is 0.778. The smallest absolute Gasteiger partial charge is 0.307 e. The minimum absolute atomic E-state index is 0.220. The Hall–Kier alpha value is -0.910. The van der Waals surface area contributed by atoms with Crippen LogP contribution in [0.15, 0.2) is 4.99 Å². The van der Waals surface area contributed by atoms with Crippen LogP contribution in [-0.4, -0.2) is 51.2 Å². The zero-order valence-electron chi connectivity index (χ0n) is 9.50. The average Bonchev–Trinajstić information content (AvgIpc) is 2.26. The Labute approximate surface area is 95.1 Å². The molecule has 0 aliphatic carbocycles. The molecule has 0 spiro atoms. The van der Waals surface area contributed by atoms with Crippen LogP contribution in [0.25, 0.3) is 0 Å². The van der Waals surface area contributed by atoms with Crippen LogP contribution in [0.2, 0.25) is 0 Å². The van der Waals surface area contributed by atoms with Gasteiger partial charge in [0.2, 0.25) is 0 Å². The van der Waals surface area contributed by atoms with Crippen LogP contribution in [-0.2, 0) is 9.53 Å². The molecule has 0 radical (unpaired) electrons. The monoisotopic (exact) mass is 233 g/mol. The number of nitrogens with zero attached hydrogens (tertiary/aromatic N) is 1. The molecule has 0 saturated heterocycles. The maximum Gasteiger partial charge on any atom is 0.307 e. The van der Waals surface area contributed by atoms with E-state index < -0.39 is 0 Å². The number of esters is 1. The summed E-state index contributed by atoms with van der Waals surface area (Å²) in [6.07, 6.45) is 2.40. The number of hydrogen-bond acceptors (Lipinski definition) is 4. The second-order valence-electron chi connectivity index (χ2n) is 2.74. The van der Waals surface area contributed by atoms with Crippen LogP contribution >= 0.6 is 11.8 Å². The van der Waals surface area contributed by atoms with Crippen LogP contribution in [0.5, 0.6) is 0 Å². The third-order valence-corrected chi connectivity index (χ3v) is 2.28. The summed E-state index contributed by atoms with van der Waals surface area (Å²) in [4.78, 5) is 14.8. The number of carbonyl (C=O) groups excluding carboxylic acids is 1. The van der Waals surface area contributed by atoms with Crippen molar-refractivity contribution in [2.24, 2.45) is 4.99 Å². The average molecular weight is 233 g/mol. The topological polar surface area (TPSA) is 62.7 Å². The molecule has 0 unspecified atom stereocenters. The SMILES string of the molecule is CN=C(NCCSC)NCCC(=O)OC. The molecule has 5 nitrogen and oxygen atoms in total. The van der Waals surface area contributed by atoms with Gasteiger partial charge in [0.15, 0.2) is 5.96 Å². The van der Waals surface area contributed by atoms with Crippen molar-refractivity contribution >= 4 is 23.7 Å². The molecule has 15 heavy (non-hydrogen) atoms. The number of ether oxygens (including phenoxy) is 1. The Balaban J connectivity index is 3.58. The molecule has 0 aromatic rings. The van der Waals surface area contributed by atoms with Crippen molar-refractivity contribution in [3.8, 4) is 0 Å². The van der Waals surface area contributed by atoms with Gasteiger partial charge >= 0.3 is 5.97 Å². The predicted molar refractivity (Wildman–Crippen MR) is 64.4 cm³/mol. The molecule has 0 aromatic heterocycles. The van der Waals surface area contributed by atoms with Gasteiger partial charge in [0, 0.05) is 25.9 Å². The molecular weight excluding hydrogens is 214 g/mol. The van der Waals surface area contributed by atoms with E-state index in [-0.39, 0.29) is 5.97 Å². The van der Waals surface area contributed by atoms with E-state index in [1.165, 1.54) is 7.11 Å². The Morgan fingerprint density at radius 2 is 2.07 bits per heavy atom. The van der Waals surface area contributed by atoms with E-state index in [1.54, 1.807) is 18.8 Å². The quantitative estimate of drug-likeness (QED) is 0.294. The fourth-order valence-corrected chi connectivity index (χ4v) is 1.18. The predicted octanol–water partition coefficient (Wildman–Crippen LogP) is 0.0775. The summed E-state index contributed by atoms with van der Waals surface area (Å²) in [7, 11) is 3.08. The molecule has 0 rings (SSSR count). The fourth-order valence-electron chi connectivity index (χ4n) is 0.877. The molecule has 0 saturated carbocycles. The van der Waals surface area contributed by atoms with E-state index in [2.05, 4.69) is 26.6 Å². The lowest BCUT2D eigenvalue weighted by Gasteiger charge is -2.10. The minimum Gasteiger partial charge on any atom is -0.469 e. The summed E-state index contributed by atoms with van der Waals surface area (Å²) in [5.74, 6) is 1.52. The first kappa shape index (κ1) is 14.1. The van der Waals surface area contributed by atoms with Gasteiger partial charge in [0.1, 0.15) is 0 Å². The van der Waals surface area contributed by atoms with Gasteiger partial charge in [-0.3, -0.25) is 9.79 Å². The summed E-state index contributed by atoms with van der Waals surface area (Å²) in [5, 5.41) is 6.15. The second-order valence-corrected chi connectivity index (χ2v) is 3.73. The summed E-state index contributed by atoms with van der Waals surface area (Å²) in [6, 6.07) is 0. The van der Waals surface area contributed by atoms with Gasteiger partial charge in [-0.25, -0.2) is 0 Å². The number of thioether (sulfide) groups is 1. The highest BCUT2D eigenvalue weighted by atomic mass is 32.2. The molecule has 6 heteroatoms. The lowest BCUT2D eigenvalue weighted by Crippen LogP contribution is -2.39. The standard InChI is InChI=1S/C9H19N3O2S/c1-10-9(12-6-7-15-3)11-5-4-8(13)14-2/h4-7H2,1-3H3,(H2,10,11,12). The van der Waals surface area contributed by atoms with Crippen molar-refractivity contribution in [2.45, 2.75) is 6.42 Å². The Bertz CT molecular complexity index is 210. The van der Waals surface area contributed by atoms with Crippen molar-refractivity contribution in [3.05, 3.63) is 0 Å². The van der Waals surface area contributed by atoms with E-state index >= 15 is 0 Å². The van der Waals surface area contributed by atoms with Gasteiger partial charge in [0.25, 0.3) is 0 Å². The van der Waals surface area contributed by atoms with E-state index in [9.17, 15) is 4.79 Å². The largest absolute Gasteiger partial charge is 0.469 e.